The molecule has 0 spiro atoms. The molecule has 1 saturated carbocycles. The topological polar surface area (TPSA) is 86.5 Å². The Balaban J connectivity index is 1.54. The SMILES string of the molecule is Cc1cc(C)c(C2C(=O)[C@@H]3[C@@H]4O[C@@H](C[C@H]4c4ccccc4[N+](=O)[O-])[C@@H]3C2=O)c(C)c1. The molecular formula is C24H23NO5. The molecule has 2 bridgehead atoms. The maximum atomic E-state index is 13.5. The first-order chi connectivity index (χ1) is 14.3. The molecule has 2 heterocycles. The van der Waals surface area contributed by atoms with E-state index in [4.69, 9.17) is 4.74 Å². The summed E-state index contributed by atoms with van der Waals surface area (Å²) in [6, 6.07) is 10.7. The largest absolute Gasteiger partial charge is 0.373 e. The van der Waals surface area contributed by atoms with Crippen molar-refractivity contribution in [1.82, 2.24) is 0 Å². The molecule has 2 aliphatic heterocycles. The van der Waals surface area contributed by atoms with Gasteiger partial charge in [-0.15, -0.1) is 0 Å². The maximum Gasteiger partial charge on any atom is 0.272 e. The Labute approximate surface area is 174 Å². The number of Topliss-reactive ketones (excluding diaryl/α,β-unsaturated/α-hetero) is 2. The Bertz CT molecular complexity index is 1080. The van der Waals surface area contributed by atoms with Gasteiger partial charge in [-0.1, -0.05) is 35.9 Å². The standard InChI is InChI=1S/C24H23NO5/c1-11-8-12(2)18(13(3)9-11)20-22(26)19-17-10-15(24(30-17)21(19)23(20)27)14-6-4-5-7-16(14)25(28)29/h4-9,15,17,19-21,24H,10H2,1-3H3/t15-,17-,19-,20?,21+,24+/m0/s1. The molecular weight excluding hydrogens is 382 g/mol. The van der Waals surface area contributed by atoms with Crippen LogP contribution in [0.3, 0.4) is 0 Å². The van der Waals surface area contributed by atoms with Gasteiger partial charge in [-0.3, -0.25) is 19.7 Å². The van der Waals surface area contributed by atoms with E-state index in [0.29, 0.717) is 12.0 Å². The van der Waals surface area contributed by atoms with Gasteiger partial charge in [-0.05, 0) is 43.9 Å². The van der Waals surface area contributed by atoms with Crippen molar-refractivity contribution in [2.75, 3.05) is 0 Å². The molecule has 6 nitrogen and oxygen atoms in total. The molecule has 6 atom stereocenters. The highest BCUT2D eigenvalue weighted by atomic mass is 16.6. The van der Waals surface area contributed by atoms with Crippen molar-refractivity contribution in [1.29, 1.82) is 0 Å². The second kappa shape index (κ2) is 6.57. The zero-order valence-corrected chi connectivity index (χ0v) is 17.1. The van der Waals surface area contributed by atoms with Gasteiger partial charge in [0.2, 0.25) is 0 Å². The summed E-state index contributed by atoms with van der Waals surface area (Å²) in [5, 5.41) is 11.5. The third-order valence-electron chi connectivity index (χ3n) is 7.14. The number of nitro benzene ring substituents is 1. The summed E-state index contributed by atoms with van der Waals surface area (Å²) in [5.41, 5.74) is 4.50. The van der Waals surface area contributed by atoms with Crippen LogP contribution in [0, 0.1) is 42.7 Å². The summed E-state index contributed by atoms with van der Waals surface area (Å²) in [6.07, 6.45) is -0.292. The highest BCUT2D eigenvalue weighted by Crippen LogP contribution is 2.58. The van der Waals surface area contributed by atoms with Crippen molar-refractivity contribution >= 4 is 17.3 Å². The first-order valence-electron chi connectivity index (χ1n) is 10.3. The molecule has 2 saturated heterocycles. The zero-order chi connectivity index (χ0) is 21.3. The monoisotopic (exact) mass is 405 g/mol. The van der Waals surface area contributed by atoms with Gasteiger partial charge in [0, 0.05) is 17.5 Å². The number of ketones is 2. The molecule has 3 fully saturated rings. The lowest BCUT2D eigenvalue weighted by Gasteiger charge is -2.26. The smallest absolute Gasteiger partial charge is 0.272 e. The molecule has 1 unspecified atom stereocenters. The third kappa shape index (κ3) is 2.53. The van der Waals surface area contributed by atoms with Gasteiger partial charge in [0.15, 0.2) is 11.6 Å². The van der Waals surface area contributed by atoms with Crippen molar-refractivity contribution in [2.24, 2.45) is 11.8 Å². The highest BCUT2D eigenvalue weighted by molar-refractivity contribution is 6.17. The predicted octanol–water partition coefficient (Wildman–Crippen LogP) is 3.94. The second-order valence-corrected chi connectivity index (χ2v) is 8.90. The van der Waals surface area contributed by atoms with E-state index in [1.165, 1.54) is 6.07 Å². The van der Waals surface area contributed by atoms with E-state index in [1.807, 2.05) is 32.9 Å². The number of fused-ring (bicyclic) bond motifs is 5. The number of carbonyl (C=O) groups is 2. The molecule has 1 aliphatic carbocycles. The van der Waals surface area contributed by atoms with Crippen LogP contribution in [0.2, 0.25) is 0 Å². The molecule has 2 aromatic rings. The van der Waals surface area contributed by atoms with E-state index in [-0.39, 0.29) is 34.2 Å². The van der Waals surface area contributed by atoms with E-state index in [1.54, 1.807) is 18.2 Å². The van der Waals surface area contributed by atoms with Crippen LogP contribution in [0.5, 0.6) is 0 Å². The number of nitrogens with zero attached hydrogens (tertiary/aromatic N) is 1. The second-order valence-electron chi connectivity index (χ2n) is 8.90. The fourth-order valence-corrected chi connectivity index (χ4v) is 6.16. The van der Waals surface area contributed by atoms with E-state index in [9.17, 15) is 19.7 Å². The average molecular weight is 405 g/mol. The van der Waals surface area contributed by atoms with Crippen LogP contribution >= 0.6 is 0 Å². The summed E-state index contributed by atoms with van der Waals surface area (Å²) in [5.74, 6) is -2.09. The molecule has 0 aromatic heterocycles. The van der Waals surface area contributed by atoms with Crippen LogP contribution in [0.4, 0.5) is 5.69 Å². The van der Waals surface area contributed by atoms with Gasteiger partial charge >= 0.3 is 0 Å². The lowest BCUT2D eigenvalue weighted by Crippen LogP contribution is -2.34. The summed E-state index contributed by atoms with van der Waals surface area (Å²) < 4.78 is 6.08. The summed E-state index contributed by atoms with van der Waals surface area (Å²) in [6.45, 7) is 5.90. The van der Waals surface area contributed by atoms with Gasteiger partial charge in [0.1, 0.15) is 5.92 Å². The molecule has 154 valence electrons. The van der Waals surface area contributed by atoms with Crippen LogP contribution in [0.15, 0.2) is 36.4 Å². The van der Waals surface area contributed by atoms with Gasteiger partial charge in [0.05, 0.1) is 29.0 Å². The van der Waals surface area contributed by atoms with Crippen molar-refractivity contribution < 1.29 is 19.2 Å². The van der Waals surface area contributed by atoms with Crippen molar-refractivity contribution in [3.63, 3.8) is 0 Å². The minimum atomic E-state index is -0.751. The van der Waals surface area contributed by atoms with Gasteiger partial charge in [0.25, 0.3) is 5.69 Å². The average Bonchev–Trinajstić information content (AvgIpc) is 3.34. The summed E-state index contributed by atoms with van der Waals surface area (Å²) in [7, 11) is 0. The number of carbonyl (C=O) groups excluding carboxylic acids is 2. The van der Waals surface area contributed by atoms with E-state index in [2.05, 4.69) is 0 Å². The molecule has 3 aliphatic rings. The number of benzene rings is 2. The Morgan fingerprint density at radius 1 is 1.00 bits per heavy atom. The van der Waals surface area contributed by atoms with E-state index >= 15 is 0 Å². The predicted molar refractivity (Wildman–Crippen MR) is 110 cm³/mol. The number of hydrogen-bond acceptors (Lipinski definition) is 5. The van der Waals surface area contributed by atoms with E-state index in [0.717, 1.165) is 22.3 Å². The fourth-order valence-electron chi connectivity index (χ4n) is 6.16. The number of ether oxygens (including phenoxy) is 1. The zero-order valence-electron chi connectivity index (χ0n) is 17.1. The molecule has 5 rings (SSSR count). The molecule has 0 N–H and O–H groups in total. The van der Waals surface area contributed by atoms with Crippen molar-refractivity contribution in [3.8, 4) is 0 Å². The number of para-hydroxylation sites is 1. The third-order valence-corrected chi connectivity index (χ3v) is 7.14. The quantitative estimate of drug-likeness (QED) is 0.439. The number of aryl methyl sites for hydroxylation is 3. The Hall–Kier alpha value is -2.86. The van der Waals surface area contributed by atoms with Crippen LogP contribution in [-0.2, 0) is 14.3 Å². The fraction of sp³-hybridized carbons (Fsp3) is 0.417. The van der Waals surface area contributed by atoms with Gasteiger partial charge in [-0.2, -0.15) is 0 Å². The Morgan fingerprint density at radius 3 is 2.30 bits per heavy atom. The van der Waals surface area contributed by atoms with Gasteiger partial charge < -0.3 is 4.74 Å². The highest BCUT2D eigenvalue weighted by Gasteiger charge is 2.66. The number of nitro groups is 1. The van der Waals surface area contributed by atoms with Gasteiger partial charge in [-0.25, -0.2) is 0 Å². The maximum absolute atomic E-state index is 13.5. The van der Waals surface area contributed by atoms with Crippen molar-refractivity contribution in [2.45, 2.75) is 51.2 Å². The first-order valence-corrected chi connectivity index (χ1v) is 10.3. The molecule has 30 heavy (non-hydrogen) atoms. The summed E-state index contributed by atoms with van der Waals surface area (Å²) in [4.78, 5) is 38.0. The van der Waals surface area contributed by atoms with E-state index < -0.39 is 23.9 Å². The van der Waals surface area contributed by atoms with Crippen molar-refractivity contribution in [3.05, 3.63) is 74.3 Å². The lowest BCUT2D eigenvalue weighted by atomic mass is 9.72. The number of hydrogen-bond donors (Lipinski definition) is 0. The summed E-state index contributed by atoms with van der Waals surface area (Å²) >= 11 is 0. The molecule has 2 aromatic carbocycles. The lowest BCUT2D eigenvalue weighted by molar-refractivity contribution is -0.385. The molecule has 6 heteroatoms. The molecule has 0 radical (unpaired) electrons. The van der Waals surface area contributed by atoms with Crippen LogP contribution in [-0.4, -0.2) is 28.7 Å². The Kier molecular flexibility index (Phi) is 4.19. The van der Waals surface area contributed by atoms with Crippen LogP contribution in [0.1, 0.15) is 46.1 Å². The minimum absolute atomic E-state index is 0.0476. The molecule has 0 amide bonds. The first kappa shape index (κ1) is 19.1. The normalized spacial score (nSPS) is 32.0. The van der Waals surface area contributed by atoms with Crippen LogP contribution < -0.4 is 0 Å². The minimum Gasteiger partial charge on any atom is -0.373 e. The van der Waals surface area contributed by atoms with Crippen LogP contribution in [0.25, 0.3) is 0 Å². The number of rotatable bonds is 3. The Morgan fingerprint density at radius 2 is 1.63 bits per heavy atom.